The van der Waals surface area contributed by atoms with Crippen LogP contribution in [0.25, 0.3) is 0 Å². The van der Waals surface area contributed by atoms with Crippen molar-refractivity contribution < 1.29 is 9.18 Å². The standard InChI is InChI=1S/C13H15BrClFN2O/c1-2-13(3-4-17-7-13)12(19)18-11-9(14)5-8(16)6-10(11)15/h5-6,17H,2-4,7H2,1H3,(H,18,19). The van der Waals surface area contributed by atoms with Crippen LogP contribution < -0.4 is 10.6 Å². The van der Waals surface area contributed by atoms with Crippen molar-refractivity contribution in [2.24, 2.45) is 5.41 Å². The number of rotatable bonds is 3. The Kier molecular flexibility index (Phi) is 4.48. The van der Waals surface area contributed by atoms with Crippen LogP contribution in [-0.4, -0.2) is 19.0 Å². The van der Waals surface area contributed by atoms with Crippen molar-refractivity contribution in [1.29, 1.82) is 0 Å². The summed E-state index contributed by atoms with van der Waals surface area (Å²) in [4.78, 5) is 12.4. The van der Waals surface area contributed by atoms with Gasteiger partial charge in [-0.2, -0.15) is 0 Å². The Labute approximate surface area is 125 Å². The van der Waals surface area contributed by atoms with Crippen molar-refractivity contribution in [1.82, 2.24) is 5.32 Å². The van der Waals surface area contributed by atoms with Crippen LogP contribution in [0.15, 0.2) is 16.6 Å². The highest BCUT2D eigenvalue weighted by Gasteiger charge is 2.39. The fraction of sp³-hybridized carbons (Fsp3) is 0.462. The summed E-state index contributed by atoms with van der Waals surface area (Å²) in [6, 6.07) is 2.47. The summed E-state index contributed by atoms with van der Waals surface area (Å²) in [5.74, 6) is -0.517. The topological polar surface area (TPSA) is 41.1 Å². The molecule has 0 bridgehead atoms. The maximum Gasteiger partial charge on any atom is 0.231 e. The van der Waals surface area contributed by atoms with E-state index in [0.29, 0.717) is 16.7 Å². The lowest BCUT2D eigenvalue weighted by atomic mass is 9.83. The SMILES string of the molecule is CCC1(C(=O)Nc2c(Cl)cc(F)cc2Br)CCNC1. The number of carbonyl (C=O) groups is 1. The van der Waals surface area contributed by atoms with Gasteiger partial charge in [0.1, 0.15) is 5.82 Å². The summed E-state index contributed by atoms with van der Waals surface area (Å²) < 4.78 is 13.6. The van der Waals surface area contributed by atoms with E-state index < -0.39 is 11.2 Å². The van der Waals surface area contributed by atoms with E-state index in [-0.39, 0.29) is 10.9 Å². The molecule has 2 rings (SSSR count). The monoisotopic (exact) mass is 348 g/mol. The van der Waals surface area contributed by atoms with Gasteiger partial charge in [-0.25, -0.2) is 4.39 Å². The number of nitrogens with one attached hydrogen (secondary N) is 2. The van der Waals surface area contributed by atoms with E-state index in [9.17, 15) is 9.18 Å². The fourth-order valence-corrected chi connectivity index (χ4v) is 3.21. The smallest absolute Gasteiger partial charge is 0.231 e. The summed E-state index contributed by atoms with van der Waals surface area (Å²) in [6.07, 6.45) is 1.55. The maximum atomic E-state index is 13.2. The first-order valence-corrected chi connectivity index (χ1v) is 7.32. The van der Waals surface area contributed by atoms with Gasteiger partial charge in [-0.15, -0.1) is 0 Å². The quantitative estimate of drug-likeness (QED) is 0.876. The molecule has 2 N–H and O–H groups in total. The lowest BCUT2D eigenvalue weighted by molar-refractivity contribution is -0.124. The van der Waals surface area contributed by atoms with Crippen LogP contribution in [0, 0.1) is 11.2 Å². The van der Waals surface area contributed by atoms with Crippen LogP contribution in [0.4, 0.5) is 10.1 Å². The number of halogens is 3. The molecule has 0 aliphatic carbocycles. The molecule has 0 radical (unpaired) electrons. The van der Waals surface area contributed by atoms with Crippen LogP contribution in [0.1, 0.15) is 19.8 Å². The zero-order valence-corrected chi connectivity index (χ0v) is 12.9. The Bertz CT molecular complexity index is 480. The van der Waals surface area contributed by atoms with Gasteiger partial charge < -0.3 is 10.6 Å². The van der Waals surface area contributed by atoms with E-state index in [2.05, 4.69) is 26.6 Å². The predicted octanol–water partition coefficient (Wildman–Crippen LogP) is 3.57. The molecule has 19 heavy (non-hydrogen) atoms. The lowest BCUT2D eigenvalue weighted by Crippen LogP contribution is -2.37. The largest absolute Gasteiger partial charge is 0.323 e. The molecule has 3 nitrogen and oxygen atoms in total. The van der Waals surface area contributed by atoms with E-state index in [4.69, 9.17) is 11.6 Å². The molecule has 1 saturated heterocycles. The molecule has 1 heterocycles. The molecule has 0 spiro atoms. The second kappa shape index (κ2) is 5.77. The average molecular weight is 350 g/mol. The fourth-order valence-electron chi connectivity index (χ4n) is 2.31. The molecule has 0 saturated carbocycles. The number of amides is 1. The molecule has 1 aromatic rings. The molecular weight excluding hydrogens is 335 g/mol. The molecule has 1 fully saturated rings. The first kappa shape index (κ1) is 14.8. The molecule has 104 valence electrons. The highest BCUT2D eigenvalue weighted by molar-refractivity contribution is 9.10. The number of anilines is 1. The molecule has 1 atom stereocenters. The van der Waals surface area contributed by atoms with Crippen molar-refractivity contribution in [2.45, 2.75) is 19.8 Å². The second-order valence-electron chi connectivity index (χ2n) is 4.76. The van der Waals surface area contributed by atoms with Gasteiger partial charge >= 0.3 is 0 Å². The van der Waals surface area contributed by atoms with Gasteiger partial charge in [0.25, 0.3) is 0 Å². The van der Waals surface area contributed by atoms with Gasteiger partial charge in [0.2, 0.25) is 5.91 Å². The molecule has 1 aliphatic rings. The van der Waals surface area contributed by atoms with Gasteiger partial charge in [0.05, 0.1) is 16.1 Å². The third-order valence-corrected chi connectivity index (χ3v) is 4.57. The number of carbonyl (C=O) groups excluding carboxylic acids is 1. The number of hydrogen-bond acceptors (Lipinski definition) is 2. The minimum atomic E-state index is -0.442. The van der Waals surface area contributed by atoms with Crippen LogP contribution in [0.3, 0.4) is 0 Å². The molecule has 1 unspecified atom stereocenters. The summed E-state index contributed by atoms with van der Waals surface area (Å²) in [7, 11) is 0. The third kappa shape index (κ3) is 2.93. The Morgan fingerprint density at radius 2 is 2.37 bits per heavy atom. The zero-order chi connectivity index (χ0) is 14.0. The average Bonchev–Trinajstić information content (AvgIpc) is 2.83. The second-order valence-corrected chi connectivity index (χ2v) is 6.02. The van der Waals surface area contributed by atoms with Crippen LogP contribution in [0.5, 0.6) is 0 Å². The molecule has 1 amide bonds. The highest BCUT2D eigenvalue weighted by atomic mass is 79.9. The van der Waals surface area contributed by atoms with Gasteiger partial charge in [-0.3, -0.25) is 4.79 Å². The summed E-state index contributed by atoms with van der Waals surface area (Å²) in [5.41, 5.74) is 0.0183. The van der Waals surface area contributed by atoms with Crippen LogP contribution >= 0.6 is 27.5 Å². The van der Waals surface area contributed by atoms with Gasteiger partial charge in [0.15, 0.2) is 0 Å². The minimum absolute atomic E-state index is 0.0748. The molecule has 6 heteroatoms. The van der Waals surface area contributed by atoms with E-state index in [1.165, 1.54) is 12.1 Å². The summed E-state index contributed by atoms with van der Waals surface area (Å²) in [6.45, 7) is 3.49. The summed E-state index contributed by atoms with van der Waals surface area (Å²) in [5, 5.41) is 6.21. The van der Waals surface area contributed by atoms with Crippen molar-refractivity contribution in [3.8, 4) is 0 Å². The van der Waals surface area contributed by atoms with Crippen molar-refractivity contribution >= 4 is 39.1 Å². The molecule has 1 aromatic carbocycles. The third-order valence-electron chi connectivity index (χ3n) is 3.65. The highest BCUT2D eigenvalue weighted by Crippen LogP contribution is 2.35. The van der Waals surface area contributed by atoms with E-state index in [1.807, 2.05) is 6.92 Å². The minimum Gasteiger partial charge on any atom is -0.323 e. The van der Waals surface area contributed by atoms with Gasteiger partial charge in [0, 0.05) is 11.0 Å². The Hall–Kier alpha value is -0.650. The Morgan fingerprint density at radius 3 is 2.89 bits per heavy atom. The van der Waals surface area contributed by atoms with Crippen LogP contribution in [-0.2, 0) is 4.79 Å². The molecular formula is C13H15BrClFN2O. The maximum absolute atomic E-state index is 13.2. The zero-order valence-electron chi connectivity index (χ0n) is 10.5. The van der Waals surface area contributed by atoms with E-state index >= 15 is 0 Å². The number of hydrogen-bond donors (Lipinski definition) is 2. The molecule has 0 aromatic heterocycles. The van der Waals surface area contributed by atoms with Gasteiger partial charge in [-0.05, 0) is 47.4 Å². The van der Waals surface area contributed by atoms with Gasteiger partial charge in [-0.1, -0.05) is 18.5 Å². The number of benzene rings is 1. The molecule has 1 aliphatic heterocycles. The van der Waals surface area contributed by atoms with Crippen molar-refractivity contribution in [2.75, 3.05) is 18.4 Å². The first-order valence-electron chi connectivity index (χ1n) is 6.15. The Balaban J connectivity index is 2.24. The van der Waals surface area contributed by atoms with E-state index in [0.717, 1.165) is 19.4 Å². The van der Waals surface area contributed by atoms with E-state index in [1.54, 1.807) is 0 Å². The normalized spacial score (nSPS) is 22.5. The predicted molar refractivity (Wildman–Crippen MR) is 78.0 cm³/mol. The first-order chi connectivity index (χ1) is 8.98. The lowest BCUT2D eigenvalue weighted by Gasteiger charge is -2.25. The summed E-state index contributed by atoms with van der Waals surface area (Å²) >= 11 is 9.19. The van der Waals surface area contributed by atoms with Crippen LogP contribution in [0.2, 0.25) is 5.02 Å². The Morgan fingerprint density at radius 1 is 1.63 bits per heavy atom. The van der Waals surface area contributed by atoms with Crippen molar-refractivity contribution in [3.05, 3.63) is 27.4 Å². The van der Waals surface area contributed by atoms with Crippen molar-refractivity contribution in [3.63, 3.8) is 0 Å².